The fourth-order valence-corrected chi connectivity index (χ4v) is 10.5. The quantitative estimate of drug-likeness (QED) is 0.0650. The van der Waals surface area contributed by atoms with E-state index in [0.29, 0.717) is 29.4 Å². The van der Waals surface area contributed by atoms with Gasteiger partial charge < -0.3 is 29.0 Å². The summed E-state index contributed by atoms with van der Waals surface area (Å²) in [4.78, 5) is 34.9. The Hall–Kier alpha value is -7.37. The van der Waals surface area contributed by atoms with Crippen LogP contribution in [-0.2, 0) is 38.6 Å². The van der Waals surface area contributed by atoms with Gasteiger partial charge >= 0.3 is 11.9 Å². The molecule has 0 atom stereocenters. The number of sulfonamides is 2. The lowest BCUT2D eigenvalue weighted by Gasteiger charge is -2.30. The Kier molecular flexibility index (Phi) is 17.3. The summed E-state index contributed by atoms with van der Waals surface area (Å²) in [5, 5.41) is 11.9. The Morgan fingerprint density at radius 3 is 1.39 bits per heavy atom. The van der Waals surface area contributed by atoms with E-state index in [1.54, 1.807) is 84.9 Å². The lowest BCUT2D eigenvalue weighted by atomic mass is 10.1. The lowest BCUT2D eigenvalue weighted by Crippen LogP contribution is -2.38. The number of hydrogen-bond donors (Lipinski definition) is 3. The molecule has 0 saturated heterocycles. The van der Waals surface area contributed by atoms with E-state index in [1.165, 1.54) is 89.0 Å². The first-order chi connectivity index (χ1) is 33.5. The zero-order valence-corrected chi connectivity index (χ0v) is 40.5. The van der Waals surface area contributed by atoms with Gasteiger partial charge in [0.2, 0.25) is 0 Å². The maximum atomic E-state index is 12.9. The Morgan fingerprint density at radius 2 is 0.957 bits per heavy atom. The normalized spacial score (nSPS) is 13.4. The predicted molar refractivity (Wildman–Crippen MR) is 258 cm³/mol. The summed E-state index contributed by atoms with van der Waals surface area (Å²) >= 11 is 0. The van der Waals surface area contributed by atoms with Crippen LogP contribution in [0.1, 0.15) is 31.1 Å². The van der Waals surface area contributed by atoms with Gasteiger partial charge in [0.05, 0.1) is 70.2 Å². The summed E-state index contributed by atoms with van der Waals surface area (Å²) in [6.07, 6.45) is 0. The molecule has 0 saturated carbocycles. The van der Waals surface area contributed by atoms with Gasteiger partial charge in [-0.2, -0.15) is 0 Å². The van der Waals surface area contributed by atoms with Crippen LogP contribution in [0.15, 0.2) is 160 Å². The topological polar surface area (TPSA) is 251 Å². The maximum Gasteiger partial charge on any atom is 0.337 e. The van der Waals surface area contributed by atoms with Gasteiger partial charge in [-0.25, -0.2) is 40.3 Å². The monoisotopic (exact) mass is 1040 g/mol. The summed E-state index contributed by atoms with van der Waals surface area (Å²) in [7, 11) is -3.35. The molecule has 0 radical (unpaired) electrons. The van der Waals surface area contributed by atoms with Gasteiger partial charge in [0.25, 0.3) is 35.0 Å². The van der Waals surface area contributed by atoms with Crippen LogP contribution in [0.3, 0.4) is 0 Å². The number of esters is 2. The first-order valence-corrected chi connectivity index (χ1v) is 26.0. The van der Waals surface area contributed by atoms with Crippen molar-refractivity contribution in [1.29, 1.82) is 0 Å². The fourth-order valence-electron chi connectivity index (χ4n) is 6.74. The molecule has 23 heteroatoms. The van der Waals surface area contributed by atoms with E-state index in [4.69, 9.17) is 30.1 Å². The van der Waals surface area contributed by atoms with E-state index >= 15 is 0 Å². The highest BCUT2D eigenvalue weighted by atomic mass is 35.7. The summed E-state index contributed by atoms with van der Waals surface area (Å²) in [5.74, 6) is -0.0244. The molecule has 6 aromatic carbocycles. The second kappa shape index (κ2) is 23.3. The molecule has 3 aliphatic heterocycles. The number of amides is 1. The van der Waals surface area contributed by atoms with Crippen LogP contribution in [0.25, 0.3) is 0 Å². The molecule has 6 aromatic rings. The molecule has 3 heterocycles. The van der Waals surface area contributed by atoms with Crippen LogP contribution in [0.5, 0.6) is 17.2 Å². The number of rotatable bonds is 8. The number of halogens is 1. The zero-order valence-electron chi connectivity index (χ0n) is 37.3. The van der Waals surface area contributed by atoms with Gasteiger partial charge in [-0.3, -0.25) is 18.6 Å². The molecule has 0 unspecified atom stereocenters. The van der Waals surface area contributed by atoms with Crippen molar-refractivity contribution < 1.29 is 68.5 Å². The number of carbonyl (C=O) groups is 3. The van der Waals surface area contributed by atoms with Crippen LogP contribution in [0, 0.1) is 0 Å². The van der Waals surface area contributed by atoms with Crippen LogP contribution in [-0.4, -0.2) is 102 Å². The maximum absolute atomic E-state index is 12.9. The minimum Gasteiger partial charge on any atom is -0.490 e. The van der Waals surface area contributed by atoms with Gasteiger partial charge in [-0.05, 0) is 91.0 Å². The molecule has 0 spiro atoms. The Bertz CT molecular complexity index is 3010. The molecule has 19 nitrogen and oxygen atoms in total. The average molecular weight is 1040 g/mol. The third kappa shape index (κ3) is 12.6. The van der Waals surface area contributed by atoms with E-state index in [0.717, 1.165) is 18.0 Å². The van der Waals surface area contributed by atoms with E-state index in [-0.39, 0.29) is 63.8 Å². The van der Waals surface area contributed by atoms with Gasteiger partial charge in [0.1, 0.15) is 37.1 Å². The number of nitrogens with zero attached hydrogens (tertiary/aromatic N) is 2. The molecule has 368 valence electrons. The van der Waals surface area contributed by atoms with Crippen molar-refractivity contribution in [1.82, 2.24) is 5.48 Å². The number of ether oxygens (including phenoxy) is 5. The van der Waals surface area contributed by atoms with Crippen LogP contribution < -0.4 is 33.6 Å². The number of nitrogens with one attached hydrogen (secondary N) is 2. The minimum absolute atomic E-state index is 0.130. The highest BCUT2D eigenvalue weighted by Gasteiger charge is 2.32. The number of carbonyl (C=O) groups excluding carboxylic acids is 3. The Labute approximate surface area is 408 Å². The van der Waals surface area contributed by atoms with Crippen LogP contribution in [0.4, 0.5) is 17.1 Å². The van der Waals surface area contributed by atoms with Crippen molar-refractivity contribution in [2.45, 2.75) is 14.7 Å². The van der Waals surface area contributed by atoms with E-state index in [9.17, 15) is 39.6 Å². The number of hydroxylamine groups is 1. The van der Waals surface area contributed by atoms with Crippen molar-refractivity contribution >= 4 is 74.7 Å². The second-order valence-corrected chi connectivity index (χ2v) is 20.8. The van der Waals surface area contributed by atoms with E-state index in [2.05, 4.69) is 14.8 Å². The van der Waals surface area contributed by atoms with Crippen molar-refractivity contribution in [3.05, 3.63) is 162 Å². The van der Waals surface area contributed by atoms with Crippen LogP contribution >= 0.6 is 10.7 Å². The van der Waals surface area contributed by atoms with Crippen LogP contribution in [0.2, 0.25) is 0 Å². The Balaban J connectivity index is 0.000000161. The number of methoxy groups -OCH3 is 2. The number of hydrogen-bond acceptors (Lipinski definition) is 16. The molecule has 0 bridgehead atoms. The van der Waals surface area contributed by atoms with Gasteiger partial charge in [-0.1, -0.05) is 54.6 Å². The summed E-state index contributed by atoms with van der Waals surface area (Å²) in [6, 6.07) is 38.2. The standard InChI is InChI=1S/C16H15NO5S.C15H14N2O5S.C10H11NO3.C6H5ClO2S/c1-21-16(18)12-7-8-15-14(11-12)17(9-10-22-15)23(19,20)13-5-3-2-4-6-13;18-15(16-19)11-6-7-14-13(10-11)17(8-9-22-14)23(20,21)12-4-2-1-3-5-12;1-13-10(12)7-2-3-9-8(6-7)11-4-5-14-9;7-10(8,9)6-4-2-1-3-5-6/h2-8,11H,9-10H2,1H3;1-7,10,19H,8-9H2,(H,16,18);2-3,6,11H,4-5H2,1H3;1-5H. The molecule has 1 amide bonds. The Morgan fingerprint density at radius 1 is 0.557 bits per heavy atom. The van der Waals surface area contributed by atoms with Gasteiger partial charge in [-0.15, -0.1) is 0 Å². The summed E-state index contributed by atoms with van der Waals surface area (Å²) < 4.78 is 101. The van der Waals surface area contributed by atoms with E-state index < -0.39 is 41.0 Å². The summed E-state index contributed by atoms with van der Waals surface area (Å²) in [5.41, 5.74) is 3.90. The van der Waals surface area contributed by atoms with Gasteiger partial charge in [0.15, 0.2) is 0 Å². The van der Waals surface area contributed by atoms with Gasteiger partial charge in [0, 0.05) is 22.8 Å². The van der Waals surface area contributed by atoms with Crippen molar-refractivity contribution in [2.75, 3.05) is 67.6 Å². The summed E-state index contributed by atoms with van der Waals surface area (Å²) in [6.45, 7) is 2.19. The number of benzene rings is 6. The molecule has 9 rings (SSSR count). The smallest absolute Gasteiger partial charge is 0.337 e. The average Bonchev–Trinajstić information content (AvgIpc) is 3.40. The van der Waals surface area contributed by atoms with Crippen molar-refractivity contribution in [2.24, 2.45) is 0 Å². The molecule has 0 aliphatic carbocycles. The van der Waals surface area contributed by atoms with Crippen molar-refractivity contribution in [3.8, 4) is 17.2 Å². The fraction of sp³-hybridized carbons (Fsp3) is 0.170. The highest BCUT2D eigenvalue weighted by Crippen LogP contribution is 2.38. The first-order valence-electron chi connectivity index (χ1n) is 20.8. The number of anilines is 3. The molecule has 70 heavy (non-hydrogen) atoms. The molecule has 3 aliphatic rings. The largest absolute Gasteiger partial charge is 0.490 e. The molecular formula is C47H45ClN4O15S3. The van der Waals surface area contributed by atoms with Crippen molar-refractivity contribution in [3.63, 3.8) is 0 Å². The third-order valence-electron chi connectivity index (χ3n) is 10.1. The second-order valence-electron chi connectivity index (χ2n) is 14.5. The molecule has 0 aromatic heterocycles. The zero-order chi connectivity index (χ0) is 50.5. The van der Waals surface area contributed by atoms with E-state index in [1.807, 2.05) is 0 Å². The SMILES string of the molecule is COC(=O)c1ccc2c(c1)N(S(=O)(=O)c1ccccc1)CCO2.COC(=O)c1ccc2c(c1)NCCO2.O=C(NO)c1ccc2c(c1)N(S(=O)(=O)c1ccccc1)CCO2.O=S(=O)(Cl)c1ccccc1. The molecule has 0 fully saturated rings. The minimum atomic E-state index is -3.77. The first kappa shape index (κ1) is 52.0. The number of fused-ring (bicyclic) bond motifs is 3. The molecule has 3 N–H and O–H groups in total. The third-order valence-corrected chi connectivity index (χ3v) is 15.1. The molecular weight excluding hydrogens is 992 g/mol. The lowest BCUT2D eigenvalue weighted by molar-refractivity contribution is 0.0592. The predicted octanol–water partition coefficient (Wildman–Crippen LogP) is 6.35. The highest BCUT2D eigenvalue weighted by molar-refractivity contribution is 8.13.